The SMILES string of the molecule is O=C(O)[C@H](CCc1ccccc1)c1cccnc1. The van der Waals surface area contributed by atoms with Crippen LogP contribution in [0.4, 0.5) is 0 Å². The normalized spacial score (nSPS) is 12.0. The Balaban J connectivity index is 2.06. The number of hydrogen-bond acceptors (Lipinski definition) is 2. The van der Waals surface area contributed by atoms with E-state index in [4.69, 9.17) is 0 Å². The van der Waals surface area contributed by atoms with Gasteiger partial charge in [-0.15, -0.1) is 0 Å². The molecule has 1 N–H and O–H groups in total. The predicted molar refractivity (Wildman–Crippen MR) is 69.4 cm³/mol. The van der Waals surface area contributed by atoms with E-state index < -0.39 is 11.9 Å². The van der Waals surface area contributed by atoms with E-state index in [0.29, 0.717) is 6.42 Å². The van der Waals surface area contributed by atoms with Gasteiger partial charge in [0.1, 0.15) is 0 Å². The van der Waals surface area contributed by atoms with Gasteiger partial charge in [-0.25, -0.2) is 0 Å². The molecule has 0 unspecified atom stereocenters. The Morgan fingerprint density at radius 2 is 1.94 bits per heavy atom. The van der Waals surface area contributed by atoms with Crippen LogP contribution in [0, 0.1) is 0 Å². The van der Waals surface area contributed by atoms with Gasteiger partial charge in [-0.1, -0.05) is 36.4 Å². The molecular weight excluding hydrogens is 226 g/mol. The van der Waals surface area contributed by atoms with Crippen molar-refractivity contribution in [3.63, 3.8) is 0 Å². The number of carboxylic acids is 1. The summed E-state index contributed by atoms with van der Waals surface area (Å²) in [5, 5.41) is 9.28. The monoisotopic (exact) mass is 241 g/mol. The minimum absolute atomic E-state index is 0.487. The third-order valence-corrected chi connectivity index (χ3v) is 2.95. The molecule has 3 nitrogen and oxygen atoms in total. The molecule has 18 heavy (non-hydrogen) atoms. The molecular formula is C15H15NO2. The largest absolute Gasteiger partial charge is 0.481 e. The van der Waals surface area contributed by atoms with Crippen LogP contribution in [-0.4, -0.2) is 16.1 Å². The third kappa shape index (κ3) is 3.17. The van der Waals surface area contributed by atoms with Gasteiger partial charge < -0.3 is 5.11 Å². The van der Waals surface area contributed by atoms with Crippen molar-refractivity contribution in [2.45, 2.75) is 18.8 Å². The minimum Gasteiger partial charge on any atom is -0.481 e. The van der Waals surface area contributed by atoms with E-state index in [0.717, 1.165) is 17.5 Å². The maximum Gasteiger partial charge on any atom is 0.311 e. The zero-order valence-electron chi connectivity index (χ0n) is 9.99. The fourth-order valence-corrected chi connectivity index (χ4v) is 1.97. The van der Waals surface area contributed by atoms with Crippen molar-refractivity contribution in [1.82, 2.24) is 4.98 Å². The standard InChI is InChI=1S/C15H15NO2/c17-15(18)14(13-7-4-10-16-11-13)9-8-12-5-2-1-3-6-12/h1-7,10-11,14H,8-9H2,(H,17,18)/t14-/m1/s1. The van der Waals surface area contributed by atoms with E-state index in [1.807, 2.05) is 36.4 Å². The van der Waals surface area contributed by atoms with Gasteiger partial charge >= 0.3 is 5.97 Å². The number of aryl methyl sites for hydroxylation is 1. The summed E-state index contributed by atoms with van der Waals surface area (Å²) >= 11 is 0. The highest BCUT2D eigenvalue weighted by Crippen LogP contribution is 2.21. The highest BCUT2D eigenvalue weighted by molar-refractivity contribution is 5.75. The summed E-state index contributed by atoms with van der Waals surface area (Å²) in [6.45, 7) is 0. The molecule has 0 saturated carbocycles. The molecule has 2 rings (SSSR count). The molecule has 0 aliphatic carbocycles. The highest BCUT2D eigenvalue weighted by Gasteiger charge is 2.19. The van der Waals surface area contributed by atoms with Crippen LogP contribution >= 0.6 is 0 Å². The lowest BCUT2D eigenvalue weighted by Crippen LogP contribution is -2.12. The van der Waals surface area contributed by atoms with Gasteiger partial charge in [0.25, 0.3) is 0 Å². The summed E-state index contributed by atoms with van der Waals surface area (Å²) in [4.78, 5) is 15.3. The Kier molecular flexibility index (Phi) is 4.07. The summed E-state index contributed by atoms with van der Waals surface area (Å²) in [5.74, 6) is -1.28. The van der Waals surface area contributed by atoms with Crippen molar-refractivity contribution in [2.24, 2.45) is 0 Å². The number of nitrogens with zero attached hydrogens (tertiary/aromatic N) is 1. The van der Waals surface area contributed by atoms with Gasteiger partial charge in [-0.2, -0.15) is 0 Å². The summed E-state index contributed by atoms with van der Waals surface area (Å²) in [5.41, 5.74) is 1.92. The van der Waals surface area contributed by atoms with Gasteiger partial charge in [-0.05, 0) is 30.0 Å². The van der Waals surface area contributed by atoms with Gasteiger partial charge in [0.2, 0.25) is 0 Å². The molecule has 0 radical (unpaired) electrons. The van der Waals surface area contributed by atoms with Gasteiger partial charge in [-0.3, -0.25) is 9.78 Å². The first-order valence-corrected chi connectivity index (χ1v) is 5.94. The fraction of sp³-hybridized carbons (Fsp3) is 0.200. The number of aliphatic carboxylic acids is 1. The number of hydrogen-bond donors (Lipinski definition) is 1. The van der Waals surface area contributed by atoms with E-state index in [1.165, 1.54) is 0 Å². The van der Waals surface area contributed by atoms with Crippen LogP contribution in [0.5, 0.6) is 0 Å². The maximum absolute atomic E-state index is 11.3. The summed E-state index contributed by atoms with van der Waals surface area (Å²) < 4.78 is 0. The van der Waals surface area contributed by atoms with Crippen LogP contribution in [-0.2, 0) is 11.2 Å². The second kappa shape index (κ2) is 5.96. The third-order valence-electron chi connectivity index (χ3n) is 2.95. The Morgan fingerprint density at radius 1 is 1.17 bits per heavy atom. The second-order valence-corrected chi connectivity index (χ2v) is 4.20. The molecule has 0 amide bonds. The van der Waals surface area contributed by atoms with Gasteiger partial charge in [0.05, 0.1) is 5.92 Å². The van der Waals surface area contributed by atoms with Gasteiger partial charge in [0, 0.05) is 12.4 Å². The number of pyridine rings is 1. The first-order valence-electron chi connectivity index (χ1n) is 5.94. The number of benzene rings is 1. The zero-order valence-corrected chi connectivity index (χ0v) is 9.99. The average Bonchev–Trinajstić information content (AvgIpc) is 2.41. The van der Waals surface area contributed by atoms with E-state index in [2.05, 4.69) is 4.98 Å². The van der Waals surface area contributed by atoms with Crippen molar-refractivity contribution in [3.8, 4) is 0 Å². The molecule has 1 atom stereocenters. The van der Waals surface area contributed by atoms with Crippen molar-refractivity contribution in [1.29, 1.82) is 0 Å². The maximum atomic E-state index is 11.3. The first-order chi connectivity index (χ1) is 8.77. The van der Waals surface area contributed by atoms with E-state index >= 15 is 0 Å². The smallest absolute Gasteiger partial charge is 0.311 e. The lowest BCUT2D eigenvalue weighted by atomic mass is 9.93. The molecule has 1 aromatic carbocycles. The molecule has 0 aliphatic rings. The summed E-state index contributed by atoms with van der Waals surface area (Å²) in [7, 11) is 0. The highest BCUT2D eigenvalue weighted by atomic mass is 16.4. The van der Waals surface area contributed by atoms with Crippen LogP contribution in [0.25, 0.3) is 0 Å². The van der Waals surface area contributed by atoms with Crippen LogP contribution in [0.2, 0.25) is 0 Å². The number of carboxylic acid groups (broad SMARTS) is 1. The Hall–Kier alpha value is -2.16. The van der Waals surface area contributed by atoms with Crippen LogP contribution in [0.1, 0.15) is 23.5 Å². The molecule has 0 bridgehead atoms. The summed E-state index contributed by atoms with van der Waals surface area (Å²) in [6, 6.07) is 13.5. The topological polar surface area (TPSA) is 50.2 Å². The van der Waals surface area contributed by atoms with Crippen molar-refractivity contribution in [2.75, 3.05) is 0 Å². The molecule has 0 saturated heterocycles. The predicted octanol–water partition coefficient (Wildman–Crippen LogP) is 2.88. The van der Waals surface area contributed by atoms with Crippen LogP contribution in [0.15, 0.2) is 54.9 Å². The van der Waals surface area contributed by atoms with E-state index in [-0.39, 0.29) is 0 Å². The Bertz CT molecular complexity index is 496. The lowest BCUT2D eigenvalue weighted by Gasteiger charge is -2.12. The van der Waals surface area contributed by atoms with Crippen molar-refractivity contribution < 1.29 is 9.90 Å². The fourth-order valence-electron chi connectivity index (χ4n) is 1.97. The molecule has 92 valence electrons. The number of rotatable bonds is 5. The molecule has 0 aliphatic heterocycles. The molecule has 1 heterocycles. The number of aromatic nitrogens is 1. The van der Waals surface area contributed by atoms with Crippen molar-refractivity contribution >= 4 is 5.97 Å². The van der Waals surface area contributed by atoms with Crippen LogP contribution in [0.3, 0.4) is 0 Å². The lowest BCUT2D eigenvalue weighted by molar-refractivity contribution is -0.138. The Morgan fingerprint density at radius 3 is 2.56 bits per heavy atom. The molecule has 0 spiro atoms. The first kappa shape index (κ1) is 12.3. The molecule has 2 aromatic rings. The second-order valence-electron chi connectivity index (χ2n) is 4.20. The van der Waals surface area contributed by atoms with Gasteiger partial charge in [0.15, 0.2) is 0 Å². The van der Waals surface area contributed by atoms with E-state index in [1.54, 1.807) is 18.5 Å². The Labute approximate surface area is 106 Å². The quantitative estimate of drug-likeness (QED) is 0.875. The average molecular weight is 241 g/mol. The van der Waals surface area contributed by atoms with E-state index in [9.17, 15) is 9.90 Å². The number of carbonyl (C=O) groups is 1. The molecule has 0 fully saturated rings. The minimum atomic E-state index is -0.793. The van der Waals surface area contributed by atoms with Crippen LogP contribution < -0.4 is 0 Å². The zero-order chi connectivity index (χ0) is 12.8. The molecule has 1 aromatic heterocycles. The van der Waals surface area contributed by atoms with Crippen molar-refractivity contribution in [3.05, 3.63) is 66.0 Å². The summed E-state index contributed by atoms with van der Waals surface area (Å²) in [6.07, 6.45) is 4.63. The molecule has 3 heteroatoms.